The first-order chi connectivity index (χ1) is 9.73. The van der Waals surface area contributed by atoms with Gasteiger partial charge in [-0.05, 0) is 38.0 Å². The smallest absolute Gasteiger partial charge is 0.306 e. The number of carbonyl (C=O) groups is 1. The molecule has 0 saturated heterocycles. The van der Waals surface area contributed by atoms with Gasteiger partial charge in [-0.1, -0.05) is 19.1 Å². The van der Waals surface area contributed by atoms with Crippen LogP contribution in [0.25, 0.3) is 0 Å². The van der Waals surface area contributed by atoms with Crippen LogP contribution in [0.5, 0.6) is 5.75 Å². The molecule has 1 rings (SSSR count). The maximum atomic E-state index is 12.1. The van der Waals surface area contributed by atoms with Crippen molar-refractivity contribution < 1.29 is 17.4 Å². The van der Waals surface area contributed by atoms with Gasteiger partial charge < -0.3 is 9.08 Å². The summed E-state index contributed by atoms with van der Waals surface area (Å²) in [4.78, 5) is 13.9. The van der Waals surface area contributed by atoms with Crippen LogP contribution in [0.4, 0.5) is 0 Å². The molecule has 0 aliphatic heterocycles. The van der Waals surface area contributed by atoms with Crippen molar-refractivity contribution in [2.75, 3.05) is 6.26 Å². The third kappa shape index (κ3) is 6.16. The summed E-state index contributed by atoms with van der Waals surface area (Å²) >= 11 is 0. The predicted octanol–water partition coefficient (Wildman–Crippen LogP) is 2.56. The average Bonchev–Trinajstić information content (AvgIpc) is 2.34. The highest BCUT2D eigenvalue weighted by Crippen LogP contribution is 2.18. The molecule has 21 heavy (non-hydrogen) atoms. The zero-order valence-corrected chi connectivity index (χ0v) is 13.8. The molecule has 0 unspecified atom stereocenters. The Kier molecular flexibility index (Phi) is 6.20. The quantitative estimate of drug-likeness (QED) is 0.726. The van der Waals surface area contributed by atoms with E-state index in [-0.39, 0.29) is 17.7 Å². The molecule has 118 valence electrons. The summed E-state index contributed by atoms with van der Waals surface area (Å²) in [6.45, 7) is 6.34. The summed E-state index contributed by atoms with van der Waals surface area (Å²) in [7, 11) is -3.54. The number of carbonyl (C=O) groups excluding carboxylic acids is 1. The fourth-order valence-corrected chi connectivity index (χ4v) is 2.44. The average molecular weight is 313 g/mol. The fourth-order valence-electron chi connectivity index (χ4n) is 1.98. The van der Waals surface area contributed by atoms with Crippen LogP contribution in [0.3, 0.4) is 0 Å². The Balaban J connectivity index is 2.89. The summed E-state index contributed by atoms with van der Waals surface area (Å²) < 4.78 is 27.2. The molecule has 1 aromatic rings. The maximum Gasteiger partial charge on any atom is 0.306 e. The molecule has 0 fully saturated rings. The van der Waals surface area contributed by atoms with Crippen molar-refractivity contribution in [1.82, 2.24) is 4.90 Å². The number of rotatable bonds is 7. The third-order valence-corrected chi connectivity index (χ3v) is 3.40. The summed E-state index contributed by atoms with van der Waals surface area (Å²) in [6.07, 6.45) is 2.32. The van der Waals surface area contributed by atoms with Crippen LogP contribution in [0.15, 0.2) is 24.3 Å². The van der Waals surface area contributed by atoms with Gasteiger partial charge in [-0.3, -0.25) is 4.79 Å². The highest BCUT2D eigenvalue weighted by atomic mass is 32.2. The Labute approximate surface area is 127 Å². The van der Waals surface area contributed by atoms with Crippen LogP contribution < -0.4 is 4.18 Å². The lowest BCUT2D eigenvalue weighted by atomic mass is 10.1. The van der Waals surface area contributed by atoms with Crippen molar-refractivity contribution in [1.29, 1.82) is 0 Å². The van der Waals surface area contributed by atoms with Gasteiger partial charge in [0.1, 0.15) is 5.75 Å². The molecule has 0 aliphatic carbocycles. The summed E-state index contributed by atoms with van der Waals surface area (Å²) in [5, 5.41) is 0. The molecule has 0 radical (unpaired) electrons. The first kappa shape index (κ1) is 17.5. The minimum Gasteiger partial charge on any atom is -0.383 e. The summed E-state index contributed by atoms with van der Waals surface area (Å²) in [6, 6.07) is 6.89. The molecule has 0 heterocycles. The lowest BCUT2D eigenvalue weighted by molar-refractivity contribution is -0.133. The zero-order valence-electron chi connectivity index (χ0n) is 13.0. The molecular weight excluding hydrogens is 290 g/mol. The topological polar surface area (TPSA) is 63.7 Å². The Morgan fingerprint density at radius 3 is 2.52 bits per heavy atom. The second kappa shape index (κ2) is 7.45. The monoisotopic (exact) mass is 313 g/mol. The van der Waals surface area contributed by atoms with E-state index in [1.807, 2.05) is 26.8 Å². The molecule has 0 bridgehead atoms. The van der Waals surface area contributed by atoms with Crippen molar-refractivity contribution in [3.8, 4) is 5.75 Å². The highest BCUT2D eigenvalue weighted by Gasteiger charge is 2.16. The number of nitrogens with zero attached hydrogens (tertiary/aromatic N) is 1. The molecule has 6 heteroatoms. The molecular formula is C15H23NO4S. The van der Waals surface area contributed by atoms with Gasteiger partial charge >= 0.3 is 10.1 Å². The van der Waals surface area contributed by atoms with E-state index in [2.05, 4.69) is 0 Å². The standard InChI is InChI=1S/C15H23NO4S/c1-5-7-15(17)16(12(2)3)11-13-8-6-9-14(10-13)20-21(4,18)19/h6,8-10,12H,5,7,11H2,1-4H3. The molecule has 0 aromatic heterocycles. The third-order valence-electron chi connectivity index (χ3n) is 2.91. The summed E-state index contributed by atoms with van der Waals surface area (Å²) in [5.74, 6) is 0.364. The second-order valence-electron chi connectivity index (χ2n) is 5.30. The fraction of sp³-hybridized carbons (Fsp3) is 0.533. The molecule has 0 saturated carbocycles. The normalized spacial score (nSPS) is 11.5. The molecule has 0 atom stereocenters. The van der Waals surface area contributed by atoms with Gasteiger partial charge in [-0.25, -0.2) is 0 Å². The SMILES string of the molecule is CCCC(=O)N(Cc1cccc(OS(C)(=O)=O)c1)C(C)C. The van der Waals surface area contributed by atoms with E-state index in [0.29, 0.717) is 13.0 Å². The van der Waals surface area contributed by atoms with Gasteiger partial charge in [0.15, 0.2) is 0 Å². The van der Waals surface area contributed by atoms with Crippen molar-refractivity contribution >= 4 is 16.0 Å². The lowest BCUT2D eigenvalue weighted by Gasteiger charge is -2.27. The van der Waals surface area contributed by atoms with E-state index >= 15 is 0 Å². The minimum atomic E-state index is -3.54. The van der Waals surface area contributed by atoms with Crippen molar-refractivity contribution in [3.63, 3.8) is 0 Å². The Hall–Kier alpha value is -1.56. The Morgan fingerprint density at radius 2 is 2.00 bits per heavy atom. The Morgan fingerprint density at radius 1 is 1.33 bits per heavy atom. The summed E-state index contributed by atoms with van der Waals surface area (Å²) in [5.41, 5.74) is 0.842. The van der Waals surface area contributed by atoms with Gasteiger partial charge in [-0.2, -0.15) is 8.42 Å². The van der Waals surface area contributed by atoms with Gasteiger partial charge in [-0.15, -0.1) is 0 Å². The van der Waals surface area contributed by atoms with Crippen LogP contribution in [0, 0.1) is 0 Å². The molecule has 1 aromatic carbocycles. The first-order valence-corrected chi connectivity index (χ1v) is 8.82. The highest BCUT2D eigenvalue weighted by molar-refractivity contribution is 7.86. The lowest BCUT2D eigenvalue weighted by Crippen LogP contribution is -2.36. The maximum absolute atomic E-state index is 12.1. The second-order valence-corrected chi connectivity index (χ2v) is 6.88. The van der Waals surface area contributed by atoms with Crippen molar-refractivity contribution in [3.05, 3.63) is 29.8 Å². The van der Waals surface area contributed by atoms with Gasteiger partial charge in [0.25, 0.3) is 0 Å². The van der Waals surface area contributed by atoms with Crippen molar-refractivity contribution in [2.45, 2.75) is 46.2 Å². The van der Waals surface area contributed by atoms with Crippen LogP contribution in [-0.4, -0.2) is 31.5 Å². The molecule has 0 aliphatic rings. The van der Waals surface area contributed by atoms with E-state index in [1.165, 1.54) is 0 Å². The van der Waals surface area contributed by atoms with Crippen LogP contribution >= 0.6 is 0 Å². The van der Waals surface area contributed by atoms with E-state index in [1.54, 1.807) is 23.1 Å². The number of amides is 1. The molecule has 0 N–H and O–H groups in total. The van der Waals surface area contributed by atoms with Gasteiger partial charge in [0.2, 0.25) is 5.91 Å². The van der Waals surface area contributed by atoms with E-state index in [0.717, 1.165) is 18.2 Å². The van der Waals surface area contributed by atoms with E-state index in [4.69, 9.17) is 4.18 Å². The van der Waals surface area contributed by atoms with Gasteiger partial charge in [0.05, 0.1) is 6.26 Å². The number of benzene rings is 1. The van der Waals surface area contributed by atoms with Gasteiger partial charge in [0, 0.05) is 19.0 Å². The van der Waals surface area contributed by atoms with E-state index in [9.17, 15) is 13.2 Å². The van der Waals surface area contributed by atoms with Crippen LogP contribution in [0.2, 0.25) is 0 Å². The number of hydrogen-bond donors (Lipinski definition) is 0. The van der Waals surface area contributed by atoms with Crippen molar-refractivity contribution in [2.24, 2.45) is 0 Å². The Bertz CT molecular complexity index is 581. The minimum absolute atomic E-state index is 0.0866. The molecule has 5 nitrogen and oxygen atoms in total. The predicted molar refractivity (Wildman–Crippen MR) is 82.5 cm³/mol. The van der Waals surface area contributed by atoms with Crippen LogP contribution in [0.1, 0.15) is 39.2 Å². The molecule has 0 spiro atoms. The molecule has 1 amide bonds. The zero-order chi connectivity index (χ0) is 16.0. The first-order valence-electron chi connectivity index (χ1n) is 7.00. The van der Waals surface area contributed by atoms with E-state index < -0.39 is 10.1 Å². The largest absolute Gasteiger partial charge is 0.383 e. The number of hydrogen-bond acceptors (Lipinski definition) is 4. The van der Waals surface area contributed by atoms with Crippen LogP contribution in [-0.2, 0) is 21.5 Å².